The Hall–Kier alpha value is -1.94. The second-order valence-corrected chi connectivity index (χ2v) is 5.45. The topological polar surface area (TPSA) is 36.5 Å². The van der Waals surface area contributed by atoms with Gasteiger partial charge in [0, 0.05) is 44.0 Å². The van der Waals surface area contributed by atoms with Gasteiger partial charge in [-0.2, -0.15) is 0 Å². The third-order valence-corrected chi connectivity index (χ3v) is 3.09. The Morgan fingerprint density at radius 2 is 2.14 bits per heavy atom. The molecule has 0 fully saturated rings. The molecule has 0 unspecified atom stereocenters. The maximum atomic E-state index is 5.73. The maximum absolute atomic E-state index is 5.73. The normalized spacial score (nSPS) is 10.9. The molecule has 0 aliphatic carbocycles. The number of nitrogens with one attached hydrogen (secondary N) is 2. The Kier molecular flexibility index (Phi) is 8.84. The number of allylic oxidation sites excluding steroid dienone is 1. The number of ether oxygens (including phenoxy) is 1. The zero-order chi connectivity index (χ0) is 16.2. The van der Waals surface area contributed by atoms with Gasteiger partial charge in [-0.1, -0.05) is 24.8 Å². The molecule has 0 saturated heterocycles. The molecular formula is C18H29N3O. The Balaban J connectivity index is 2.09. The average molecular weight is 303 g/mol. The van der Waals surface area contributed by atoms with Crippen molar-refractivity contribution in [2.75, 3.05) is 46.2 Å². The molecule has 4 heteroatoms. The van der Waals surface area contributed by atoms with Crippen LogP contribution in [-0.2, 0) is 0 Å². The number of hydrogen-bond acceptors (Lipinski definition) is 4. The summed E-state index contributed by atoms with van der Waals surface area (Å²) in [6, 6.07) is 7.98. The largest absolute Gasteiger partial charge is 0.493 e. The number of nitrogens with zero attached hydrogens (tertiary/aromatic N) is 1. The highest BCUT2D eigenvalue weighted by Gasteiger charge is 1.96. The number of hydrogen-bond donors (Lipinski definition) is 2. The van der Waals surface area contributed by atoms with Gasteiger partial charge in [-0.15, -0.1) is 0 Å². The molecule has 0 bridgehead atoms. The predicted octanol–water partition coefficient (Wildman–Crippen LogP) is 3.11. The van der Waals surface area contributed by atoms with Crippen LogP contribution in [0.2, 0.25) is 0 Å². The summed E-state index contributed by atoms with van der Waals surface area (Å²) in [5.41, 5.74) is 2.11. The first-order valence-corrected chi connectivity index (χ1v) is 7.74. The molecule has 0 spiro atoms. The van der Waals surface area contributed by atoms with Gasteiger partial charge >= 0.3 is 0 Å². The molecule has 1 aromatic rings. The molecule has 0 saturated carbocycles. The second kappa shape index (κ2) is 10.7. The summed E-state index contributed by atoms with van der Waals surface area (Å²) in [5.74, 6) is 0.900. The van der Waals surface area contributed by atoms with Gasteiger partial charge in [-0.25, -0.2) is 0 Å². The Bertz CT molecular complexity index is 469. The van der Waals surface area contributed by atoms with Gasteiger partial charge in [-0.05, 0) is 32.6 Å². The molecule has 4 nitrogen and oxygen atoms in total. The first-order chi connectivity index (χ1) is 10.6. The minimum absolute atomic E-state index is 0.698. The zero-order valence-electron chi connectivity index (χ0n) is 14.1. The average Bonchev–Trinajstić information content (AvgIpc) is 2.51. The van der Waals surface area contributed by atoms with Gasteiger partial charge in [0.15, 0.2) is 0 Å². The van der Waals surface area contributed by atoms with E-state index in [1.54, 1.807) is 0 Å². The molecule has 0 heterocycles. The minimum Gasteiger partial charge on any atom is -0.493 e. The van der Waals surface area contributed by atoms with Crippen molar-refractivity contribution in [3.8, 4) is 5.75 Å². The van der Waals surface area contributed by atoms with Crippen LogP contribution in [0.25, 0.3) is 0 Å². The minimum atomic E-state index is 0.698. The lowest BCUT2D eigenvalue weighted by Crippen LogP contribution is -2.16. The van der Waals surface area contributed by atoms with Crippen molar-refractivity contribution < 1.29 is 4.74 Å². The summed E-state index contributed by atoms with van der Waals surface area (Å²) in [4.78, 5) is 2.13. The van der Waals surface area contributed by atoms with Crippen molar-refractivity contribution in [3.63, 3.8) is 0 Å². The standard InChI is InChI=1S/C18H29N3O/c1-16(9-5-6-13-21(3)4)20-12-8-14-22-18-11-7-10-17(15-18)19-2/h5-7,10-11,15,19-20H,1,8-9,12-14H2,2-4H3/b6-5+. The predicted molar refractivity (Wildman–Crippen MR) is 95.6 cm³/mol. The summed E-state index contributed by atoms with van der Waals surface area (Å²) in [5, 5.41) is 6.43. The fourth-order valence-electron chi connectivity index (χ4n) is 1.85. The molecule has 0 radical (unpaired) electrons. The van der Waals surface area contributed by atoms with E-state index in [1.165, 1.54) is 0 Å². The van der Waals surface area contributed by atoms with Crippen molar-refractivity contribution in [2.45, 2.75) is 12.8 Å². The van der Waals surface area contributed by atoms with Crippen LogP contribution < -0.4 is 15.4 Å². The molecular weight excluding hydrogens is 274 g/mol. The van der Waals surface area contributed by atoms with Crippen LogP contribution >= 0.6 is 0 Å². The van der Waals surface area contributed by atoms with Gasteiger partial charge < -0.3 is 20.3 Å². The fraction of sp³-hybridized carbons (Fsp3) is 0.444. The third-order valence-electron chi connectivity index (χ3n) is 3.09. The van der Waals surface area contributed by atoms with Gasteiger partial charge in [-0.3, -0.25) is 0 Å². The van der Waals surface area contributed by atoms with Crippen LogP contribution in [0.15, 0.2) is 48.7 Å². The lowest BCUT2D eigenvalue weighted by Gasteiger charge is -2.10. The van der Waals surface area contributed by atoms with Crippen LogP contribution in [0.3, 0.4) is 0 Å². The van der Waals surface area contributed by atoms with E-state index in [9.17, 15) is 0 Å². The molecule has 0 amide bonds. The van der Waals surface area contributed by atoms with Crippen LogP contribution in [0.1, 0.15) is 12.8 Å². The molecule has 1 rings (SSSR count). The molecule has 122 valence electrons. The quantitative estimate of drug-likeness (QED) is 0.486. The first-order valence-electron chi connectivity index (χ1n) is 7.74. The molecule has 0 aliphatic heterocycles. The second-order valence-electron chi connectivity index (χ2n) is 5.45. The fourth-order valence-corrected chi connectivity index (χ4v) is 1.85. The van der Waals surface area contributed by atoms with Gasteiger partial charge in [0.1, 0.15) is 5.75 Å². The van der Waals surface area contributed by atoms with E-state index in [2.05, 4.69) is 48.4 Å². The van der Waals surface area contributed by atoms with E-state index in [0.717, 1.165) is 43.1 Å². The molecule has 0 atom stereocenters. The van der Waals surface area contributed by atoms with Crippen LogP contribution in [-0.4, -0.2) is 45.7 Å². The van der Waals surface area contributed by atoms with Gasteiger partial charge in [0.05, 0.1) is 6.61 Å². The summed E-state index contributed by atoms with van der Waals surface area (Å²) in [6.45, 7) is 6.57. The summed E-state index contributed by atoms with van der Waals surface area (Å²) < 4.78 is 5.73. The molecule has 22 heavy (non-hydrogen) atoms. The maximum Gasteiger partial charge on any atom is 0.121 e. The first kappa shape index (κ1) is 18.1. The number of likely N-dealkylation sites (N-methyl/N-ethyl adjacent to an activating group) is 1. The van der Waals surface area contributed by atoms with E-state index in [-0.39, 0.29) is 0 Å². The number of rotatable bonds is 11. The summed E-state index contributed by atoms with van der Waals surface area (Å²) in [6.07, 6.45) is 6.13. The van der Waals surface area contributed by atoms with Gasteiger partial charge in [0.2, 0.25) is 0 Å². The smallest absolute Gasteiger partial charge is 0.121 e. The van der Waals surface area contributed by atoms with E-state index < -0.39 is 0 Å². The highest BCUT2D eigenvalue weighted by atomic mass is 16.5. The van der Waals surface area contributed by atoms with Gasteiger partial charge in [0.25, 0.3) is 0 Å². The van der Waals surface area contributed by atoms with E-state index >= 15 is 0 Å². The summed E-state index contributed by atoms with van der Waals surface area (Å²) in [7, 11) is 6.02. The highest BCUT2D eigenvalue weighted by Crippen LogP contribution is 2.16. The van der Waals surface area contributed by atoms with Crippen molar-refractivity contribution in [3.05, 3.63) is 48.7 Å². The molecule has 0 aromatic heterocycles. The number of benzene rings is 1. The van der Waals surface area contributed by atoms with E-state index in [1.807, 2.05) is 31.3 Å². The Labute approximate surface area is 134 Å². The Morgan fingerprint density at radius 1 is 1.32 bits per heavy atom. The third kappa shape index (κ3) is 8.37. The lowest BCUT2D eigenvalue weighted by molar-refractivity contribution is 0.310. The monoisotopic (exact) mass is 303 g/mol. The van der Waals surface area contributed by atoms with E-state index in [4.69, 9.17) is 4.74 Å². The van der Waals surface area contributed by atoms with Crippen LogP contribution in [0.5, 0.6) is 5.75 Å². The van der Waals surface area contributed by atoms with Crippen molar-refractivity contribution in [1.82, 2.24) is 10.2 Å². The SMILES string of the molecule is C=C(C/C=C/CN(C)C)NCCCOc1cccc(NC)c1. The molecule has 0 aliphatic rings. The van der Waals surface area contributed by atoms with Crippen molar-refractivity contribution in [1.29, 1.82) is 0 Å². The van der Waals surface area contributed by atoms with Crippen molar-refractivity contribution in [2.24, 2.45) is 0 Å². The molecule has 1 aromatic carbocycles. The summed E-state index contributed by atoms with van der Waals surface area (Å²) >= 11 is 0. The molecule has 2 N–H and O–H groups in total. The van der Waals surface area contributed by atoms with Crippen molar-refractivity contribution >= 4 is 5.69 Å². The lowest BCUT2D eigenvalue weighted by atomic mass is 10.3. The zero-order valence-corrected chi connectivity index (χ0v) is 14.1. The van der Waals surface area contributed by atoms with Crippen LogP contribution in [0, 0.1) is 0 Å². The number of anilines is 1. The van der Waals surface area contributed by atoms with E-state index in [0.29, 0.717) is 6.61 Å². The highest BCUT2D eigenvalue weighted by molar-refractivity contribution is 5.47. The van der Waals surface area contributed by atoms with Crippen LogP contribution in [0.4, 0.5) is 5.69 Å². The Morgan fingerprint density at radius 3 is 2.86 bits per heavy atom.